The highest BCUT2D eigenvalue weighted by atomic mass is 79.9. The standard InChI is InChI=1S/C13H14BrN3O/c1-8-9(2)16-17-13(10(8)7-15)18-12-6-4-3-5-11(12)14/h3-6H,7,15H2,1-2H3. The molecule has 0 aliphatic rings. The van der Waals surface area contributed by atoms with E-state index in [1.54, 1.807) is 0 Å². The Morgan fingerprint density at radius 3 is 2.61 bits per heavy atom. The molecule has 0 bridgehead atoms. The normalized spacial score (nSPS) is 10.4. The SMILES string of the molecule is Cc1nnc(Oc2ccccc2Br)c(CN)c1C. The Morgan fingerprint density at radius 1 is 1.22 bits per heavy atom. The van der Waals surface area contributed by atoms with Crippen molar-refractivity contribution in [2.75, 3.05) is 0 Å². The fourth-order valence-corrected chi connectivity index (χ4v) is 1.95. The Morgan fingerprint density at radius 2 is 1.94 bits per heavy atom. The maximum absolute atomic E-state index is 5.77. The summed E-state index contributed by atoms with van der Waals surface area (Å²) in [5.74, 6) is 1.16. The van der Waals surface area contributed by atoms with E-state index in [0.29, 0.717) is 18.2 Å². The van der Waals surface area contributed by atoms with E-state index in [-0.39, 0.29) is 0 Å². The van der Waals surface area contributed by atoms with Gasteiger partial charge in [0.1, 0.15) is 5.75 Å². The Kier molecular flexibility index (Phi) is 3.93. The second-order valence-corrected chi connectivity index (χ2v) is 4.79. The number of nitrogens with two attached hydrogens (primary N) is 1. The van der Waals surface area contributed by atoms with Gasteiger partial charge in [-0.15, -0.1) is 5.10 Å². The maximum Gasteiger partial charge on any atom is 0.243 e. The first-order valence-electron chi connectivity index (χ1n) is 5.58. The van der Waals surface area contributed by atoms with E-state index in [0.717, 1.165) is 21.3 Å². The third kappa shape index (κ3) is 2.52. The largest absolute Gasteiger partial charge is 0.436 e. The van der Waals surface area contributed by atoms with Gasteiger partial charge < -0.3 is 10.5 Å². The van der Waals surface area contributed by atoms with Crippen molar-refractivity contribution in [1.82, 2.24) is 10.2 Å². The summed E-state index contributed by atoms with van der Waals surface area (Å²) < 4.78 is 6.64. The monoisotopic (exact) mass is 307 g/mol. The molecule has 0 unspecified atom stereocenters. The van der Waals surface area contributed by atoms with E-state index in [9.17, 15) is 0 Å². The van der Waals surface area contributed by atoms with Gasteiger partial charge in [-0.1, -0.05) is 12.1 Å². The van der Waals surface area contributed by atoms with Gasteiger partial charge in [0.2, 0.25) is 5.88 Å². The van der Waals surface area contributed by atoms with Crippen LogP contribution in [0.25, 0.3) is 0 Å². The van der Waals surface area contributed by atoms with Gasteiger partial charge >= 0.3 is 0 Å². The third-order valence-corrected chi connectivity index (χ3v) is 3.45. The predicted octanol–water partition coefficient (Wildman–Crippen LogP) is 3.11. The van der Waals surface area contributed by atoms with Gasteiger partial charge in [0.25, 0.3) is 0 Å². The van der Waals surface area contributed by atoms with Crippen LogP contribution in [0.4, 0.5) is 0 Å². The molecule has 0 spiro atoms. The van der Waals surface area contributed by atoms with Crippen molar-refractivity contribution in [1.29, 1.82) is 0 Å². The molecule has 0 radical (unpaired) electrons. The van der Waals surface area contributed by atoms with Crippen LogP contribution in [-0.2, 0) is 6.54 Å². The molecule has 0 aliphatic carbocycles. The van der Waals surface area contributed by atoms with Gasteiger partial charge in [0.15, 0.2) is 0 Å². The van der Waals surface area contributed by atoms with E-state index in [4.69, 9.17) is 10.5 Å². The molecule has 2 rings (SSSR count). The summed E-state index contributed by atoms with van der Waals surface area (Å²) in [4.78, 5) is 0. The summed E-state index contributed by atoms with van der Waals surface area (Å²) in [5.41, 5.74) is 8.53. The molecule has 0 atom stereocenters. The molecule has 0 saturated heterocycles. The molecule has 0 aliphatic heterocycles. The molecule has 0 fully saturated rings. The summed E-state index contributed by atoms with van der Waals surface area (Å²) in [6, 6.07) is 7.59. The minimum Gasteiger partial charge on any atom is -0.436 e. The number of hydrogen-bond donors (Lipinski definition) is 1. The summed E-state index contributed by atoms with van der Waals surface area (Å²) in [5, 5.41) is 8.14. The molecule has 0 saturated carbocycles. The number of nitrogens with zero attached hydrogens (tertiary/aromatic N) is 2. The highest BCUT2D eigenvalue weighted by molar-refractivity contribution is 9.10. The number of hydrogen-bond acceptors (Lipinski definition) is 4. The summed E-state index contributed by atoms with van der Waals surface area (Å²) in [6.45, 7) is 4.25. The zero-order valence-corrected chi connectivity index (χ0v) is 11.9. The molecular weight excluding hydrogens is 294 g/mol. The fraction of sp³-hybridized carbons (Fsp3) is 0.231. The molecule has 2 N–H and O–H groups in total. The number of rotatable bonds is 3. The number of aryl methyl sites for hydroxylation is 1. The quantitative estimate of drug-likeness (QED) is 0.946. The van der Waals surface area contributed by atoms with Crippen molar-refractivity contribution >= 4 is 15.9 Å². The highest BCUT2D eigenvalue weighted by Gasteiger charge is 2.12. The van der Waals surface area contributed by atoms with E-state index in [1.165, 1.54) is 0 Å². The lowest BCUT2D eigenvalue weighted by Crippen LogP contribution is -2.07. The number of ether oxygens (including phenoxy) is 1. The van der Waals surface area contributed by atoms with Crippen LogP contribution in [0.15, 0.2) is 28.7 Å². The topological polar surface area (TPSA) is 61.0 Å². The van der Waals surface area contributed by atoms with Crippen LogP contribution >= 0.6 is 15.9 Å². The predicted molar refractivity (Wildman–Crippen MR) is 73.6 cm³/mol. The minimum atomic E-state index is 0.377. The number of benzene rings is 1. The van der Waals surface area contributed by atoms with Crippen molar-refractivity contribution in [3.05, 3.63) is 45.6 Å². The zero-order chi connectivity index (χ0) is 13.1. The van der Waals surface area contributed by atoms with E-state index < -0.39 is 0 Å². The Hall–Kier alpha value is -1.46. The first kappa shape index (κ1) is 13.0. The molecule has 1 aromatic carbocycles. The molecule has 0 amide bonds. The third-order valence-electron chi connectivity index (χ3n) is 2.79. The van der Waals surface area contributed by atoms with Crippen LogP contribution in [0.1, 0.15) is 16.8 Å². The van der Waals surface area contributed by atoms with Crippen molar-refractivity contribution in [2.24, 2.45) is 5.73 Å². The van der Waals surface area contributed by atoms with Crippen LogP contribution in [0.2, 0.25) is 0 Å². The van der Waals surface area contributed by atoms with Crippen LogP contribution in [0.3, 0.4) is 0 Å². The molecule has 5 heteroatoms. The average molecular weight is 308 g/mol. The van der Waals surface area contributed by atoms with Crippen LogP contribution in [0, 0.1) is 13.8 Å². The van der Waals surface area contributed by atoms with Gasteiger partial charge in [-0.05, 0) is 47.5 Å². The molecule has 18 heavy (non-hydrogen) atoms. The minimum absolute atomic E-state index is 0.377. The Bertz CT molecular complexity index is 572. The van der Waals surface area contributed by atoms with Crippen molar-refractivity contribution in [3.63, 3.8) is 0 Å². The van der Waals surface area contributed by atoms with E-state index in [1.807, 2.05) is 38.1 Å². The average Bonchev–Trinajstić information content (AvgIpc) is 2.37. The lowest BCUT2D eigenvalue weighted by Gasteiger charge is -2.12. The maximum atomic E-state index is 5.77. The van der Waals surface area contributed by atoms with Gasteiger partial charge in [-0.2, -0.15) is 5.10 Å². The second kappa shape index (κ2) is 5.46. The molecule has 1 aromatic heterocycles. The van der Waals surface area contributed by atoms with Gasteiger partial charge in [-0.25, -0.2) is 0 Å². The Labute approximate surface area is 114 Å². The first-order valence-corrected chi connectivity index (χ1v) is 6.38. The van der Waals surface area contributed by atoms with Crippen LogP contribution in [0.5, 0.6) is 11.6 Å². The lowest BCUT2D eigenvalue weighted by atomic mass is 10.1. The summed E-state index contributed by atoms with van der Waals surface area (Å²) in [6.07, 6.45) is 0. The van der Waals surface area contributed by atoms with Gasteiger partial charge in [0, 0.05) is 12.1 Å². The number of halogens is 1. The first-order chi connectivity index (χ1) is 8.63. The van der Waals surface area contributed by atoms with Crippen molar-refractivity contribution < 1.29 is 4.74 Å². The smallest absolute Gasteiger partial charge is 0.243 e. The molecular formula is C13H14BrN3O. The Balaban J connectivity index is 2.41. The highest BCUT2D eigenvalue weighted by Crippen LogP contribution is 2.30. The lowest BCUT2D eigenvalue weighted by molar-refractivity contribution is 0.444. The summed E-state index contributed by atoms with van der Waals surface area (Å²) in [7, 11) is 0. The van der Waals surface area contributed by atoms with Crippen molar-refractivity contribution in [2.45, 2.75) is 20.4 Å². The van der Waals surface area contributed by atoms with Crippen molar-refractivity contribution in [3.8, 4) is 11.6 Å². The van der Waals surface area contributed by atoms with E-state index in [2.05, 4.69) is 26.1 Å². The zero-order valence-electron chi connectivity index (χ0n) is 10.3. The van der Waals surface area contributed by atoms with Gasteiger partial charge in [-0.3, -0.25) is 0 Å². The summed E-state index contributed by atoms with van der Waals surface area (Å²) >= 11 is 3.43. The molecule has 94 valence electrons. The van der Waals surface area contributed by atoms with Crippen LogP contribution in [-0.4, -0.2) is 10.2 Å². The van der Waals surface area contributed by atoms with Crippen LogP contribution < -0.4 is 10.5 Å². The van der Waals surface area contributed by atoms with Gasteiger partial charge in [0.05, 0.1) is 10.2 Å². The molecule has 4 nitrogen and oxygen atoms in total. The second-order valence-electron chi connectivity index (χ2n) is 3.93. The fourth-order valence-electron chi connectivity index (χ4n) is 1.59. The molecule has 1 heterocycles. The molecule has 2 aromatic rings. The number of para-hydroxylation sites is 1. The number of aromatic nitrogens is 2. The van der Waals surface area contributed by atoms with E-state index >= 15 is 0 Å².